The van der Waals surface area contributed by atoms with Gasteiger partial charge in [-0.25, -0.2) is 4.99 Å². The molecule has 1 aliphatic rings. The molecule has 86 valence electrons. The fraction of sp³-hybridized carbons (Fsp3) is 0.769. The Morgan fingerprint density at radius 2 is 1.80 bits per heavy atom. The molecule has 0 bridgehead atoms. The lowest BCUT2D eigenvalue weighted by Gasteiger charge is -2.21. The molecular weight excluding hydrogens is 186 g/mol. The summed E-state index contributed by atoms with van der Waals surface area (Å²) in [6.07, 6.45) is 4.13. The molecule has 1 rings (SSSR count). The van der Waals surface area contributed by atoms with E-state index in [4.69, 9.17) is 4.74 Å². The Morgan fingerprint density at radius 1 is 1.20 bits per heavy atom. The van der Waals surface area contributed by atoms with Gasteiger partial charge >= 0.3 is 0 Å². The van der Waals surface area contributed by atoms with E-state index < -0.39 is 0 Å². The Hall–Kier alpha value is -0.790. The summed E-state index contributed by atoms with van der Waals surface area (Å²) in [5.74, 6) is 0.782. The molecule has 0 aromatic heterocycles. The molecule has 0 aromatic rings. The van der Waals surface area contributed by atoms with Crippen LogP contribution in [0.4, 0.5) is 0 Å². The van der Waals surface area contributed by atoms with Gasteiger partial charge in [0.1, 0.15) is 6.61 Å². The van der Waals surface area contributed by atoms with Gasteiger partial charge in [0, 0.05) is 0 Å². The predicted octanol–water partition coefficient (Wildman–Crippen LogP) is 3.43. The highest BCUT2D eigenvalue weighted by atomic mass is 16.5. The van der Waals surface area contributed by atoms with Crippen LogP contribution in [0.1, 0.15) is 41.5 Å². The SMILES string of the molecule is CC(C)(C)/C=C/C1=N[C@@H](C(C)(C)C)CO1. The van der Waals surface area contributed by atoms with E-state index in [2.05, 4.69) is 52.6 Å². The molecule has 2 heteroatoms. The van der Waals surface area contributed by atoms with Gasteiger partial charge in [-0.05, 0) is 16.9 Å². The average molecular weight is 209 g/mol. The lowest BCUT2D eigenvalue weighted by molar-refractivity contribution is 0.236. The summed E-state index contributed by atoms with van der Waals surface area (Å²) in [5, 5.41) is 0. The van der Waals surface area contributed by atoms with Crippen molar-refractivity contribution >= 4 is 5.90 Å². The number of aliphatic imine (C=N–C) groups is 1. The first-order valence-electron chi connectivity index (χ1n) is 5.58. The number of allylic oxidation sites excluding steroid dienone is 1. The van der Waals surface area contributed by atoms with Crippen molar-refractivity contribution in [3.8, 4) is 0 Å². The lowest BCUT2D eigenvalue weighted by atomic mass is 9.88. The predicted molar refractivity (Wildman–Crippen MR) is 65.2 cm³/mol. The third-order valence-corrected chi connectivity index (χ3v) is 2.40. The van der Waals surface area contributed by atoms with E-state index in [1.54, 1.807) is 0 Å². The maximum Gasteiger partial charge on any atom is 0.208 e. The molecule has 0 saturated heterocycles. The molecule has 0 fully saturated rings. The monoisotopic (exact) mass is 209 g/mol. The van der Waals surface area contributed by atoms with Gasteiger partial charge in [0.25, 0.3) is 0 Å². The molecule has 0 aromatic carbocycles. The molecule has 0 radical (unpaired) electrons. The van der Waals surface area contributed by atoms with Crippen LogP contribution in [0.25, 0.3) is 0 Å². The summed E-state index contributed by atoms with van der Waals surface area (Å²) in [6, 6.07) is 0.289. The number of ether oxygens (including phenoxy) is 1. The van der Waals surface area contributed by atoms with Crippen LogP contribution >= 0.6 is 0 Å². The highest BCUT2D eigenvalue weighted by Gasteiger charge is 2.29. The summed E-state index contributed by atoms with van der Waals surface area (Å²) in [5.41, 5.74) is 0.378. The van der Waals surface area contributed by atoms with Gasteiger partial charge in [0.15, 0.2) is 0 Å². The molecule has 0 unspecified atom stereocenters. The molecule has 0 N–H and O–H groups in total. The molecular formula is C13H23NO. The van der Waals surface area contributed by atoms with Crippen LogP contribution in [0.5, 0.6) is 0 Å². The number of hydrogen-bond acceptors (Lipinski definition) is 2. The molecule has 15 heavy (non-hydrogen) atoms. The van der Waals surface area contributed by atoms with Gasteiger partial charge in [-0.1, -0.05) is 47.6 Å². The molecule has 0 spiro atoms. The second kappa shape index (κ2) is 3.99. The van der Waals surface area contributed by atoms with Crippen molar-refractivity contribution < 1.29 is 4.74 Å². The van der Waals surface area contributed by atoms with Crippen LogP contribution in [0.2, 0.25) is 0 Å². The van der Waals surface area contributed by atoms with E-state index in [1.807, 2.05) is 6.08 Å². The summed E-state index contributed by atoms with van der Waals surface area (Å²) in [4.78, 5) is 4.57. The first-order chi connectivity index (χ1) is 6.68. The molecule has 0 aliphatic carbocycles. The zero-order valence-corrected chi connectivity index (χ0v) is 10.8. The minimum atomic E-state index is 0.186. The van der Waals surface area contributed by atoms with Crippen molar-refractivity contribution in [3.63, 3.8) is 0 Å². The molecule has 1 aliphatic heterocycles. The lowest BCUT2D eigenvalue weighted by Crippen LogP contribution is -2.25. The van der Waals surface area contributed by atoms with Crippen molar-refractivity contribution in [2.24, 2.45) is 15.8 Å². The van der Waals surface area contributed by atoms with Crippen LogP contribution in [-0.4, -0.2) is 18.5 Å². The minimum Gasteiger partial charge on any atom is -0.476 e. The Morgan fingerprint density at radius 3 is 2.20 bits per heavy atom. The Kier molecular flexibility index (Phi) is 3.27. The molecule has 1 atom stereocenters. The normalized spacial score (nSPS) is 23.1. The van der Waals surface area contributed by atoms with Crippen LogP contribution < -0.4 is 0 Å². The van der Waals surface area contributed by atoms with Crippen LogP contribution in [0, 0.1) is 10.8 Å². The summed E-state index contributed by atoms with van der Waals surface area (Å²) in [7, 11) is 0. The third-order valence-electron chi connectivity index (χ3n) is 2.40. The maximum atomic E-state index is 5.55. The van der Waals surface area contributed by atoms with E-state index in [1.165, 1.54) is 0 Å². The second-order valence-corrected chi connectivity index (χ2v) is 6.36. The maximum absolute atomic E-state index is 5.55. The number of rotatable bonds is 1. The van der Waals surface area contributed by atoms with E-state index >= 15 is 0 Å². The minimum absolute atomic E-state index is 0.186. The van der Waals surface area contributed by atoms with E-state index in [0.717, 1.165) is 5.90 Å². The fourth-order valence-corrected chi connectivity index (χ4v) is 1.25. The highest BCUT2D eigenvalue weighted by molar-refractivity contribution is 5.89. The van der Waals surface area contributed by atoms with Gasteiger partial charge < -0.3 is 4.74 Å². The van der Waals surface area contributed by atoms with Gasteiger partial charge in [0.2, 0.25) is 5.90 Å². The van der Waals surface area contributed by atoms with Crippen molar-refractivity contribution in [3.05, 3.63) is 12.2 Å². The zero-order chi connectivity index (χ0) is 11.7. The first-order valence-corrected chi connectivity index (χ1v) is 5.58. The third kappa shape index (κ3) is 4.06. The summed E-state index contributed by atoms with van der Waals surface area (Å²) in [6.45, 7) is 13.8. The Labute approximate surface area is 93.4 Å². The Bertz CT molecular complexity index is 276. The zero-order valence-electron chi connectivity index (χ0n) is 10.8. The van der Waals surface area contributed by atoms with E-state index in [-0.39, 0.29) is 16.9 Å². The quantitative estimate of drug-likeness (QED) is 0.648. The second-order valence-electron chi connectivity index (χ2n) is 6.36. The van der Waals surface area contributed by atoms with Gasteiger partial charge in [-0.2, -0.15) is 0 Å². The Balaban J connectivity index is 2.65. The topological polar surface area (TPSA) is 21.6 Å². The van der Waals surface area contributed by atoms with Gasteiger partial charge in [-0.15, -0.1) is 0 Å². The smallest absolute Gasteiger partial charge is 0.208 e. The molecule has 2 nitrogen and oxygen atoms in total. The van der Waals surface area contributed by atoms with Gasteiger partial charge in [0.05, 0.1) is 6.04 Å². The van der Waals surface area contributed by atoms with E-state index in [9.17, 15) is 0 Å². The standard InChI is InChI=1S/C13H23NO/c1-12(2,3)8-7-11-14-10(9-15-11)13(4,5)6/h7-8,10H,9H2,1-6H3/b8-7+/t10-/m1/s1. The summed E-state index contributed by atoms with van der Waals surface area (Å²) >= 11 is 0. The van der Waals surface area contributed by atoms with Crippen LogP contribution in [0.15, 0.2) is 17.1 Å². The molecule has 0 saturated carbocycles. The highest BCUT2D eigenvalue weighted by Crippen LogP contribution is 2.26. The van der Waals surface area contributed by atoms with Gasteiger partial charge in [-0.3, -0.25) is 0 Å². The van der Waals surface area contributed by atoms with Crippen molar-refractivity contribution in [1.82, 2.24) is 0 Å². The largest absolute Gasteiger partial charge is 0.476 e. The molecule has 0 amide bonds. The average Bonchev–Trinajstić information content (AvgIpc) is 2.45. The number of nitrogens with zero attached hydrogens (tertiary/aromatic N) is 1. The first kappa shape index (κ1) is 12.3. The number of hydrogen-bond donors (Lipinski definition) is 0. The van der Waals surface area contributed by atoms with E-state index in [0.29, 0.717) is 6.61 Å². The van der Waals surface area contributed by atoms with Crippen molar-refractivity contribution in [2.75, 3.05) is 6.61 Å². The molecule has 1 heterocycles. The fourth-order valence-electron chi connectivity index (χ4n) is 1.25. The van der Waals surface area contributed by atoms with Crippen LogP contribution in [-0.2, 0) is 4.74 Å². The van der Waals surface area contributed by atoms with Crippen molar-refractivity contribution in [1.29, 1.82) is 0 Å². The van der Waals surface area contributed by atoms with Crippen LogP contribution in [0.3, 0.4) is 0 Å². The van der Waals surface area contributed by atoms with Crippen molar-refractivity contribution in [2.45, 2.75) is 47.6 Å². The summed E-state index contributed by atoms with van der Waals surface area (Å²) < 4.78 is 5.55.